The summed E-state index contributed by atoms with van der Waals surface area (Å²) >= 11 is 12.5. The van der Waals surface area contributed by atoms with Crippen LogP contribution in [-0.4, -0.2) is 45.0 Å². The van der Waals surface area contributed by atoms with Crippen molar-refractivity contribution in [1.29, 1.82) is 0 Å². The highest BCUT2D eigenvalue weighted by Crippen LogP contribution is 2.39. The molecule has 1 unspecified atom stereocenters. The minimum Gasteiger partial charge on any atom is -0.361 e. The van der Waals surface area contributed by atoms with Crippen LogP contribution < -0.4 is 10.2 Å². The first-order valence-electron chi connectivity index (χ1n) is 9.19. The number of benzene rings is 2. The Labute approximate surface area is 207 Å². The molecule has 0 aliphatic carbocycles. The van der Waals surface area contributed by atoms with Crippen LogP contribution in [0.3, 0.4) is 0 Å². The maximum Gasteiger partial charge on any atom is 0.418 e. The van der Waals surface area contributed by atoms with E-state index < -0.39 is 44.7 Å². The zero-order valence-electron chi connectivity index (χ0n) is 16.7. The number of aliphatic imine (C=N–C) groups is 1. The average molecular weight is 615 g/mol. The van der Waals surface area contributed by atoms with Gasteiger partial charge in [0.1, 0.15) is 15.2 Å². The fourth-order valence-corrected chi connectivity index (χ4v) is 3.55. The quantitative estimate of drug-likeness (QED) is 0.254. The van der Waals surface area contributed by atoms with E-state index in [1.54, 1.807) is 0 Å². The highest BCUT2D eigenvalue weighted by atomic mass is 79.9. The van der Waals surface area contributed by atoms with Gasteiger partial charge in [0.05, 0.1) is 17.1 Å². The van der Waals surface area contributed by atoms with Gasteiger partial charge >= 0.3 is 12.2 Å². The summed E-state index contributed by atoms with van der Waals surface area (Å²) in [6.07, 6.45) is -6.02. The Balaban J connectivity index is 2.14. The molecule has 0 saturated carbocycles. The number of nitrogens with one attached hydrogen (secondary N) is 1. The van der Waals surface area contributed by atoms with Crippen molar-refractivity contribution >= 4 is 72.6 Å². The number of para-hydroxylation sites is 2. The lowest BCUT2D eigenvalue weighted by atomic mass is 10.1. The van der Waals surface area contributed by atoms with Crippen molar-refractivity contribution in [2.75, 3.05) is 23.1 Å². The molecule has 1 atom stereocenters. The fourth-order valence-electron chi connectivity index (χ4n) is 2.97. The number of halogens is 7. The molecule has 2 aromatic carbocycles. The molecule has 3 amide bonds. The van der Waals surface area contributed by atoms with Crippen LogP contribution >= 0.6 is 43.5 Å². The zero-order valence-corrected chi connectivity index (χ0v) is 20.6. The van der Waals surface area contributed by atoms with E-state index in [-0.39, 0.29) is 17.3 Å². The smallest absolute Gasteiger partial charge is 0.361 e. The van der Waals surface area contributed by atoms with E-state index in [2.05, 4.69) is 42.2 Å². The van der Waals surface area contributed by atoms with Crippen LogP contribution in [0.25, 0.3) is 0 Å². The third kappa shape index (κ3) is 5.17. The van der Waals surface area contributed by atoms with Crippen LogP contribution in [-0.2, 0) is 11.0 Å². The summed E-state index contributed by atoms with van der Waals surface area (Å²) in [7, 11) is 1.18. The molecule has 1 aliphatic heterocycles. The summed E-state index contributed by atoms with van der Waals surface area (Å²) in [6.45, 7) is 0. The van der Waals surface area contributed by atoms with Gasteiger partial charge in [-0.25, -0.2) is 19.1 Å². The van der Waals surface area contributed by atoms with Gasteiger partial charge in [-0.2, -0.15) is 13.2 Å². The first kappa shape index (κ1) is 25.4. The van der Waals surface area contributed by atoms with E-state index in [9.17, 15) is 27.2 Å². The molecule has 13 heteroatoms. The molecule has 3 rings (SSSR count). The molecule has 0 aromatic heterocycles. The second kappa shape index (κ2) is 9.59. The summed E-state index contributed by atoms with van der Waals surface area (Å²) in [5, 5.41) is 2.62. The lowest BCUT2D eigenvalue weighted by Crippen LogP contribution is -2.41. The third-order valence-corrected chi connectivity index (χ3v) is 7.13. The van der Waals surface area contributed by atoms with Crippen molar-refractivity contribution in [3.8, 4) is 0 Å². The van der Waals surface area contributed by atoms with Gasteiger partial charge in [-0.3, -0.25) is 9.69 Å². The van der Waals surface area contributed by atoms with E-state index in [4.69, 9.17) is 11.6 Å². The predicted molar refractivity (Wildman–Crippen MR) is 125 cm³/mol. The van der Waals surface area contributed by atoms with Crippen LogP contribution in [0.5, 0.6) is 0 Å². The Morgan fingerprint density at radius 3 is 2.30 bits per heavy atom. The predicted octanol–water partition coefficient (Wildman–Crippen LogP) is 5.80. The van der Waals surface area contributed by atoms with Gasteiger partial charge in [0.25, 0.3) is 5.91 Å². The molecule has 2 aromatic rings. The number of carbonyl (C=O) groups is 2. The number of hydrogen-bond donors (Lipinski definition) is 1. The van der Waals surface area contributed by atoms with E-state index in [1.165, 1.54) is 43.4 Å². The highest BCUT2D eigenvalue weighted by Gasteiger charge is 2.45. The maximum absolute atomic E-state index is 14.5. The number of rotatable bonds is 6. The molecule has 176 valence electrons. The number of urea groups is 1. The summed E-state index contributed by atoms with van der Waals surface area (Å²) in [4.78, 5) is 31.2. The summed E-state index contributed by atoms with van der Waals surface area (Å²) in [5.74, 6) is -2.38. The van der Waals surface area contributed by atoms with Gasteiger partial charge < -0.3 is 5.32 Å². The molecule has 1 saturated heterocycles. The number of hydrogen-bond acceptors (Lipinski definition) is 4. The van der Waals surface area contributed by atoms with E-state index in [0.29, 0.717) is 0 Å². The Morgan fingerprint density at radius 1 is 1.09 bits per heavy atom. The van der Waals surface area contributed by atoms with Crippen LogP contribution in [0.1, 0.15) is 5.56 Å². The largest absolute Gasteiger partial charge is 0.418 e. The molecule has 0 radical (unpaired) electrons. The third-order valence-electron chi connectivity index (χ3n) is 4.63. The molecule has 0 spiro atoms. The van der Waals surface area contributed by atoms with E-state index >= 15 is 0 Å². The van der Waals surface area contributed by atoms with Gasteiger partial charge in [0, 0.05) is 12.7 Å². The number of amides is 3. The lowest BCUT2D eigenvalue weighted by molar-refractivity contribution is -0.137. The van der Waals surface area contributed by atoms with Crippen LogP contribution in [0.4, 0.5) is 33.7 Å². The summed E-state index contributed by atoms with van der Waals surface area (Å²) < 4.78 is 53.6. The highest BCUT2D eigenvalue weighted by molar-refractivity contribution is 9.25. The minimum absolute atomic E-state index is 0.215. The van der Waals surface area contributed by atoms with Gasteiger partial charge in [-0.15, -0.1) is 11.6 Å². The maximum atomic E-state index is 14.5. The van der Waals surface area contributed by atoms with Crippen molar-refractivity contribution in [1.82, 2.24) is 4.90 Å². The number of nitrogens with zero attached hydrogens (tertiary/aromatic N) is 3. The van der Waals surface area contributed by atoms with E-state index in [1.807, 2.05) is 0 Å². The number of amidine groups is 1. The van der Waals surface area contributed by atoms with Gasteiger partial charge in [-0.05, 0) is 24.3 Å². The molecular formula is C20H15Br2ClF4N4O2. The van der Waals surface area contributed by atoms with Crippen LogP contribution in [0, 0.1) is 5.82 Å². The molecule has 1 aliphatic rings. The Hall–Kier alpha value is -2.18. The standard InChI is InChI=1S/C20H15Br2ClF4N4O2/c1-30-16(32)15(31(18(30)33)14-9-5-3-7-12(14)24)29-17(19(21,22)10-23)28-13-8-4-2-6-11(13)20(25,26)27/h2-9,17,28H,10H2,1H3. The second-order valence-electron chi connectivity index (χ2n) is 6.87. The van der Waals surface area contributed by atoms with Gasteiger partial charge in [-0.1, -0.05) is 56.1 Å². The molecule has 1 heterocycles. The first-order valence-corrected chi connectivity index (χ1v) is 11.3. The van der Waals surface area contributed by atoms with Crippen LogP contribution in [0.15, 0.2) is 53.5 Å². The zero-order chi connectivity index (χ0) is 24.6. The van der Waals surface area contributed by atoms with Crippen molar-refractivity contribution in [2.45, 2.75) is 15.6 Å². The van der Waals surface area contributed by atoms with Crippen LogP contribution in [0.2, 0.25) is 0 Å². The Kier molecular flexibility index (Phi) is 7.39. The summed E-state index contributed by atoms with van der Waals surface area (Å²) in [6, 6.07) is 9.01. The van der Waals surface area contributed by atoms with Crippen molar-refractivity contribution < 1.29 is 27.2 Å². The van der Waals surface area contributed by atoms with Gasteiger partial charge in [0.15, 0.2) is 0 Å². The summed E-state index contributed by atoms with van der Waals surface area (Å²) in [5.41, 5.74) is -1.55. The van der Waals surface area contributed by atoms with Gasteiger partial charge in [0.2, 0.25) is 5.84 Å². The molecule has 1 fully saturated rings. The molecule has 33 heavy (non-hydrogen) atoms. The molecule has 1 N–H and O–H groups in total. The molecular weight excluding hydrogens is 599 g/mol. The monoisotopic (exact) mass is 612 g/mol. The fraction of sp³-hybridized carbons (Fsp3) is 0.250. The van der Waals surface area contributed by atoms with E-state index in [0.717, 1.165) is 21.9 Å². The van der Waals surface area contributed by atoms with Crippen molar-refractivity contribution in [3.05, 3.63) is 59.9 Å². The number of carbonyl (C=O) groups excluding carboxylic acids is 2. The Bertz CT molecular complexity index is 1110. The molecule has 0 bridgehead atoms. The molecule has 6 nitrogen and oxygen atoms in total. The number of alkyl halides is 6. The minimum atomic E-state index is -4.68. The van der Waals surface area contributed by atoms with Crippen molar-refractivity contribution in [3.63, 3.8) is 0 Å². The average Bonchev–Trinajstić information content (AvgIpc) is 2.97. The number of anilines is 2. The SMILES string of the molecule is CN1C(=O)C(=NC(Nc2ccccc2C(F)(F)F)C(Br)(Br)CCl)N(c2ccccc2F)C1=O. The number of imide groups is 1. The van der Waals surface area contributed by atoms with Crippen molar-refractivity contribution in [2.24, 2.45) is 4.99 Å². The first-order chi connectivity index (χ1) is 15.4. The lowest BCUT2D eigenvalue weighted by Gasteiger charge is -2.29. The normalized spacial score (nSPS) is 17.2. The number of likely N-dealkylation sites (N-methyl/N-ethyl adjacent to an activating group) is 1. The topological polar surface area (TPSA) is 65.0 Å². The Morgan fingerprint density at radius 2 is 1.70 bits per heavy atom. The second-order valence-corrected chi connectivity index (χ2v) is 11.0.